The minimum Gasteiger partial charge on any atom is -0.409 e. The number of amides is 1. The number of primary amides is 1. The van der Waals surface area contributed by atoms with E-state index in [2.05, 4.69) is 144 Å². The van der Waals surface area contributed by atoms with E-state index in [0.29, 0.717) is 108 Å². The van der Waals surface area contributed by atoms with Crippen molar-refractivity contribution < 1.29 is 14.4 Å². The maximum atomic E-state index is 14.2. The van der Waals surface area contributed by atoms with Gasteiger partial charge >= 0.3 is 0 Å². The average Bonchev–Trinajstić information content (AvgIpc) is 0.825. The third kappa shape index (κ3) is 26.5. The Kier molecular flexibility index (Phi) is 36.8. The van der Waals surface area contributed by atoms with Crippen LogP contribution < -0.4 is 31.1 Å². The fourth-order valence-corrected chi connectivity index (χ4v) is 24.0. The highest BCUT2D eigenvalue weighted by Crippen LogP contribution is 2.40. The van der Waals surface area contributed by atoms with E-state index >= 15 is 0 Å². The van der Waals surface area contributed by atoms with Crippen LogP contribution in [0.25, 0.3) is 45.6 Å². The van der Waals surface area contributed by atoms with Crippen molar-refractivity contribution in [2.75, 3.05) is 150 Å². The molecule has 144 heavy (non-hydrogen) atoms. The van der Waals surface area contributed by atoms with E-state index in [0.717, 1.165) is 299 Å². The molecule has 8 saturated heterocycles. The number of amidine groups is 1. The maximum Gasteiger partial charge on any atom is 0.249 e. The molecule has 9 N–H and O–H groups in total. The minimum absolute atomic E-state index is 0.0891. The smallest absolute Gasteiger partial charge is 0.249 e. The number of nitrogens with two attached hydrogens (primary N) is 2. The highest BCUT2D eigenvalue weighted by molar-refractivity contribution is 6.35. The molecule has 0 unspecified atom stereocenters. The number of piperazine rings is 4. The van der Waals surface area contributed by atoms with Crippen LogP contribution in [-0.2, 0) is 26.2 Å². The molecule has 0 aliphatic carbocycles. The van der Waals surface area contributed by atoms with Crippen LogP contribution in [0.4, 0.5) is 27.7 Å². The van der Waals surface area contributed by atoms with Crippen molar-refractivity contribution in [3.63, 3.8) is 0 Å². The van der Waals surface area contributed by atoms with E-state index < -0.39 is 5.91 Å². The number of aromatic nitrogens is 12. The summed E-state index contributed by atoms with van der Waals surface area (Å²) in [6.07, 6.45) is 34.9. The zero-order valence-corrected chi connectivity index (χ0v) is 88.2. The van der Waals surface area contributed by atoms with Gasteiger partial charge in [-0.3, -0.25) is 44.0 Å². The number of aromatic amines is 4. The number of halogens is 9. The van der Waals surface area contributed by atoms with Gasteiger partial charge in [0.15, 0.2) is 5.84 Å². The van der Waals surface area contributed by atoms with Gasteiger partial charge in [-0.25, -0.2) is 44.3 Å². The first kappa shape index (κ1) is 106. The first-order valence-corrected chi connectivity index (χ1v) is 53.6. The van der Waals surface area contributed by atoms with Crippen LogP contribution in [0.3, 0.4) is 0 Å². The second kappa shape index (κ2) is 50.3. The van der Waals surface area contributed by atoms with Crippen LogP contribution in [0.15, 0.2) is 183 Å². The molecule has 0 radical (unpaired) electrons. The molecule has 38 heteroatoms. The molecule has 12 aromatic rings. The number of nitrogens with zero attached hydrogens (tertiary/aromatic N) is 21. The molecule has 8 aliphatic rings. The van der Waals surface area contributed by atoms with Gasteiger partial charge in [0.1, 0.15) is 52.4 Å². The summed E-state index contributed by atoms with van der Waals surface area (Å²) in [5, 5.41) is 17.4. The van der Waals surface area contributed by atoms with Crippen LogP contribution in [0.5, 0.6) is 0 Å². The van der Waals surface area contributed by atoms with E-state index in [-0.39, 0.29) is 11.7 Å². The maximum absolute atomic E-state index is 14.2. The van der Waals surface area contributed by atoms with Gasteiger partial charge in [-0.1, -0.05) is 156 Å². The Bertz CT molecular complexity index is 6160. The molecular weight excluding hydrogens is 1990 g/mol. The SMILES string of the molecule is CC[C@H]1CN(c2ncc(-c3ncc[nH]3)cc2Cl)CCN1C1CCN(Cc2ccc(Cl)cc2)CC1.CC[C@H]1CN(c2ncc(-c3ncc[nH]3)cc2Cl)CCN1C1CCN(Cc2ccc(Cl)cc2/C(N)=N/O)CC1.CC[C@H]1CN(c2ncc(-c3ncc[nH]3)cc2Cl)CCN1C1CCN(Cc2ccc(Cl)cc2C(N)=O)CC1.CC[C@H]1CN(c2ncc(-c3ncc[nH]3)cc2Cl)CCN1C1CCN(Cc2ccc(Cl)cc2F)CC1. The van der Waals surface area contributed by atoms with E-state index in [1.807, 2.05) is 91.6 Å². The number of imidazole rings is 4. The van der Waals surface area contributed by atoms with E-state index in [1.54, 1.807) is 67.6 Å². The normalized spacial score (nSPS) is 20.3. The molecule has 4 aromatic carbocycles. The van der Waals surface area contributed by atoms with E-state index in [9.17, 15) is 14.4 Å². The lowest BCUT2D eigenvalue weighted by atomic mass is 9.97. The molecule has 8 aliphatic heterocycles. The second-order valence-electron chi connectivity index (χ2n) is 38.7. The summed E-state index contributed by atoms with van der Waals surface area (Å²) in [6, 6.07) is 36.2. The number of hydrogen-bond acceptors (Lipinski definition) is 23. The fourth-order valence-electron chi connectivity index (χ4n) is 22.2. The molecule has 29 nitrogen and oxygen atoms in total. The number of likely N-dealkylation sites (tertiary alicyclic amines) is 4. The molecule has 4 atom stereocenters. The predicted molar refractivity (Wildman–Crippen MR) is 579 cm³/mol. The average molecular weight is 2120 g/mol. The van der Waals surface area contributed by atoms with Crippen LogP contribution in [-0.4, -0.2) is 295 Å². The van der Waals surface area contributed by atoms with Crippen molar-refractivity contribution in [3.05, 3.63) is 257 Å². The Balaban J connectivity index is 0.000000132. The molecule has 0 bridgehead atoms. The van der Waals surface area contributed by atoms with Crippen LogP contribution in [0.1, 0.15) is 143 Å². The molecule has 1 amide bonds. The summed E-state index contributed by atoms with van der Waals surface area (Å²) in [5.74, 6) is 5.96. The first-order chi connectivity index (χ1) is 70.0. The number of hydrogen-bond donors (Lipinski definition) is 7. The Morgan fingerprint density at radius 1 is 0.354 bits per heavy atom. The van der Waals surface area contributed by atoms with Gasteiger partial charge in [0.25, 0.3) is 0 Å². The van der Waals surface area contributed by atoms with E-state index in [1.165, 1.54) is 24.5 Å². The number of piperidine rings is 4. The summed E-state index contributed by atoms with van der Waals surface area (Å²) in [4.78, 5) is 90.3. The lowest BCUT2D eigenvalue weighted by Crippen LogP contribution is -2.58. The van der Waals surface area contributed by atoms with Gasteiger partial charge in [0.05, 0.1) is 20.1 Å². The number of anilines is 4. The number of carbonyl (C=O) groups is 1. The minimum atomic E-state index is -0.429. The van der Waals surface area contributed by atoms with Crippen molar-refractivity contribution in [1.29, 1.82) is 0 Å². The zero-order chi connectivity index (χ0) is 100. The topological polar surface area (TPSA) is 307 Å². The lowest BCUT2D eigenvalue weighted by Gasteiger charge is -2.47. The van der Waals surface area contributed by atoms with Gasteiger partial charge in [0, 0.05) is 286 Å². The molecule has 0 saturated carbocycles. The second-order valence-corrected chi connectivity index (χ2v) is 42.1. The summed E-state index contributed by atoms with van der Waals surface area (Å²) < 4.78 is 14.2. The molecule has 16 heterocycles. The number of rotatable bonds is 26. The standard InChI is InChI=1S/C27H34Cl2N8O.C27H33Cl2N7O.C26H31Cl2FN6.C26H32Cl2N6/c1-2-21-17-36(27-24(29)13-19(15-33-27)26-31-7-8-32-26)11-12-37(21)22-5-9-35(10-6-22)16-18-3-4-20(28)14-23(18)25(30)34-38;1-2-21-17-35(27-24(29)13-19(15-33-27)26-31-7-8-32-26)11-12-36(21)22-5-9-34(10-6-22)16-18-3-4-20(28)14-23(18)25(30)37;1-2-21-17-34(26-23(28)13-19(15-32-26)25-30-7-8-31-25)11-12-35(21)22-5-9-33(10-6-22)16-18-3-4-20(27)14-24(18)29;1-2-22-18-33(26-24(28)15-20(16-31-26)25-29-9-10-30-25)13-14-34(22)23-7-11-32(12-8-23)17-19-3-5-21(27)6-4-19/h3-4,7-8,13-15,21-22,38H,2,5-6,9-12,16-17H2,1H3,(H2,30,34)(H,31,32);3-4,7-8,13-15,21-22H,2,5-6,9-12,16-17H2,1H3,(H2,30,37)(H,31,32);3-4,7-8,13-15,21-22H,2,5-6,9-12,16-17H2,1H3,(H,30,31);3-6,9-10,15-16,22-23H,2,7-8,11-14,17-18H2,1H3,(H,29,30)/t3*21-;22-/m0000/s1. The summed E-state index contributed by atoms with van der Waals surface area (Å²) in [5.41, 5.74) is 20.3. The van der Waals surface area contributed by atoms with Crippen molar-refractivity contribution in [1.82, 2.24) is 99.0 Å². The lowest BCUT2D eigenvalue weighted by molar-refractivity contribution is 0.0607. The number of pyridine rings is 4. The number of nitrogens with one attached hydrogen (secondary N) is 4. The van der Waals surface area contributed by atoms with Gasteiger partial charge < -0.3 is 56.2 Å². The number of carbonyl (C=O) groups excluding carboxylic acids is 1. The molecule has 764 valence electrons. The van der Waals surface area contributed by atoms with Crippen molar-refractivity contribution in [3.8, 4) is 45.6 Å². The Hall–Kier alpha value is -9.81. The van der Waals surface area contributed by atoms with Crippen molar-refractivity contribution in [2.24, 2.45) is 16.6 Å². The van der Waals surface area contributed by atoms with Crippen LogP contribution in [0.2, 0.25) is 40.2 Å². The zero-order valence-electron chi connectivity index (χ0n) is 82.1. The van der Waals surface area contributed by atoms with Crippen LogP contribution in [0, 0.1) is 5.82 Å². The quantitative estimate of drug-likeness (QED) is 0.0115. The summed E-state index contributed by atoms with van der Waals surface area (Å²) >= 11 is 50.9. The predicted octanol–water partition coefficient (Wildman–Crippen LogP) is 19.7. The summed E-state index contributed by atoms with van der Waals surface area (Å²) in [7, 11) is 0. The molecule has 8 aromatic heterocycles. The van der Waals surface area contributed by atoms with Crippen molar-refractivity contribution in [2.45, 2.75) is 179 Å². The molecule has 8 fully saturated rings. The van der Waals surface area contributed by atoms with Gasteiger partial charge in [0.2, 0.25) is 5.91 Å². The summed E-state index contributed by atoms with van der Waals surface area (Å²) in [6.45, 7) is 31.8. The number of benzene rings is 4. The number of H-pyrrole nitrogens is 4. The van der Waals surface area contributed by atoms with E-state index in [4.69, 9.17) is 124 Å². The fraction of sp³-hybridized carbons (Fsp3) is 0.453. The molecule has 20 rings (SSSR count). The number of oxime groups is 1. The third-order valence-corrected chi connectivity index (χ3v) is 32.1. The van der Waals surface area contributed by atoms with Gasteiger partial charge in [-0.2, -0.15) is 0 Å². The Morgan fingerprint density at radius 2 is 0.632 bits per heavy atom. The first-order valence-electron chi connectivity index (χ1n) is 50.6. The van der Waals surface area contributed by atoms with Crippen molar-refractivity contribution >= 4 is 128 Å². The Labute approximate surface area is 883 Å². The Morgan fingerprint density at radius 3 is 0.910 bits per heavy atom. The van der Waals surface area contributed by atoms with Crippen LogP contribution >= 0.6 is 92.8 Å². The largest absolute Gasteiger partial charge is 0.409 e. The molecular formula is C106H130Cl8FN27O2. The highest BCUT2D eigenvalue weighted by Gasteiger charge is 2.40. The molecule has 0 spiro atoms. The third-order valence-electron chi connectivity index (χ3n) is 30.0. The van der Waals surface area contributed by atoms with Gasteiger partial charge in [-0.05, 0) is 219 Å². The highest BCUT2D eigenvalue weighted by atomic mass is 35.5. The monoisotopic (exact) mass is 2110 g/mol. The van der Waals surface area contributed by atoms with Gasteiger partial charge in [-0.15, -0.1) is 0 Å².